The minimum atomic E-state index is -0.110. The molecule has 18 heavy (non-hydrogen) atoms. The van der Waals surface area contributed by atoms with Gasteiger partial charge in [-0.3, -0.25) is 9.63 Å². The van der Waals surface area contributed by atoms with Crippen molar-refractivity contribution in [3.63, 3.8) is 0 Å². The number of aromatic nitrogens is 1. The van der Waals surface area contributed by atoms with E-state index < -0.39 is 0 Å². The maximum Gasteiger partial charge on any atom is 0.251 e. The number of carbonyl (C=O) groups is 1. The molecule has 4 nitrogen and oxygen atoms in total. The molecule has 0 radical (unpaired) electrons. The molecular weight excluding hydrogens is 336 g/mol. The molecule has 2 heterocycles. The van der Waals surface area contributed by atoms with E-state index in [1.165, 1.54) is 12.2 Å². The summed E-state index contributed by atoms with van der Waals surface area (Å²) in [5, 5.41) is 6.07. The molecule has 7 heteroatoms. The van der Waals surface area contributed by atoms with Crippen molar-refractivity contribution in [2.24, 2.45) is 0 Å². The van der Waals surface area contributed by atoms with Gasteiger partial charge in [-0.05, 0) is 22.0 Å². The first-order chi connectivity index (χ1) is 8.60. The van der Waals surface area contributed by atoms with Gasteiger partial charge < -0.3 is 0 Å². The van der Waals surface area contributed by atoms with Gasteiger partial charge in [0.05, 0.1) is 24.1 Å². The van der Waals surface area contributed by atoms with Crippen LogP contribution in [0.1, 0.15) is 5.69 Å². The van der Waals surface area contributed by atoms with Gasteiger partial charge in [-0.2, -0.15) is 0 Å². The Balaban J connectivity index is 2.09. The summed E-state index contributed by atoms with van der Waals surface area (Å²) < 4.78 is 1.05. The Morgan fingerprint density at radius 3 is 2.89 bits per heavy atom. The van der Waals surface area contributed by atoms with Gasteiger partial charge in [0.25, 0.3) is 5.91 Å². The number of halogens is 1. The maximum atomic E-state index is 11.7. The first-order valence-electron chi connectivity index (χ1n) is 5.09. The van der Waals surface area contributed by atoms with Crippen molar-refractivity contribution in [2.75, 3.05) is 14.2 Å². The monoisotopic (exact) mass is 346 g/mol. The number of thiazole rings is 1. The van der Waals surface area contributed by atoms with Crippen molar-refractivity contribution in [1.82, 2.24) is 10.0 Å². The van der Waals surface area contributed by atoms with E-state index in [2.05, 4.69) is 20.9 Å². The van der Waals surface area contributed by atoms with Gasteiger partial charge in [-0.15, -0.1) is 22.7 Å². The summed E-state index contributed by atoms with van der Waals surface area (Å²) >= 11 is 6.59. The van der Waals surface area contributed by atoms with Crippen LogP contribution in [0.15, 0.2) is 21.3 Å². The molecule has 0 aliphatic rings. The summed E-state index contributed by atoms with van der Waals surface area (Å²) in [4.78, 5) is 22.0. The quantitative estimate of drug-likeness (QED) is 0.798. The zero-order chi connectivity index (χ0) is 13.1. The average Bonchev–Trinajstić information content (AvgIpc) is 2.96. The second-order valence-electron chi connectivity index (χ2n) is 3.52. The molecule has 2 aromatic rings. The number of rotatable bonds is 4. The first-order valence-corrected chi connectivity index (χ1v) is 7.65. The highest BCUT2D eigenvalue weighted by molar-refractivity contribution is 9.10. The van der Waals surface area contributed by atoms with Crippen molar-refractivity contribution in [3.05, 3.63) is 27.0 Å². The van der Waals surface area contributed by atoms with Crippen LogP contribution in [-0.4, -0.2) is 30.1 Å². The Bertz CT molecular complexity index is 553. The Morgan fingerprint density at radius 2 is 2.28 bits per heavy atom. The summed E-state index contributed by atoms with van der Waals surface area (Å²) in [5.41, 5.74) is 0.772. The van der Waals surface area contributed by atoms with E-state index in [9.17, 15) is 4.79 Å². The van der Waals surface area contributed by atoms with Gasteiger partial charge in [0.1, 0.15) is 5.01 Å². The van der Waals surface area contributed by atoms with Crippen LogP contribution in [0.5, 0.6) is 0 Å². The van der Waals surface area contributed by atoms with E-state index in [1.807, 2.05) is 16.8 Å². The van der Waals surface area contributed by atoms with E-state index in [-0.39, 0.29) is 12.3 Å². The predicted molar refractivity (Wildman–Crippen MR) is 76.6 cm³/mol. The molecule has 2 rings (SSSR count). The third kappa shape index (κ3) is 3.17. The number of hydroxylamine groups is 2. The lowest BCUT2D eigenvalue weighted by Crippen LogP contribution is -2.27. The van der Waals surface area contributed by atoms with Gasteiger partial charge in [-0.25, -0.2) is 10.0 Å². The lowest BCUT2D eigenvalue weighted by Gasteiger charge is -2.12. The fraction of sp³-hybridized carbons (Fsp3) is 0.273. The zero-order valence-electron chi connectivity index (χ0n) is 9.84. The molecule has 0 saturated heterocycles. The van der Waals surface area contributed by atoms with Gasteiger partial charge in [0.2, 0.25) is 0 Å². The van der Waals surface area contributed by atoms with Gasteiger partial charge >= 0.3 is 0 Å². The zero-order valence-corrected chi connectivity index (χ0v) is 13.1. The third-order valence-corrected chi connectivity index (χ3v) is 5.04. The first kappa shape index (κ1) is 13.7. The lowest BCUT2D eigenvalue weighted by molar-refractivity contribution is -0.167. The summed E-state index contributed by atoms with van der Waals surface area (Å²) in [7, 11) is 3.06. The minimum Gasteiger partial charge on any atom is -0.275 e. The normalized spacial score (nSPS) is 10.6. The Labute approximate surface area is 121 Å². The molecule has 0 fully saturated rings. The van der Waals surface area contributed by atoms with Crippen LogP contribution in [0.3, 0.4) is 0 Å². The van der Waals surface area contributed by atoms with Crippen molar-refractivity contribution in [2.45, 2.75) is 6.42 Å². The standard InChI is InChI=1S/C11H11BrN2O2S2/c1-14(16-2)10(15)4-8-6-18-11(13-8)9-3-7(12)5-17-9/h3,5-6H,4H2,1-2H3. The second-order valence-corrected chi connectivity index (χ2v) is 6.21. The molecule has 96 valence electrons. The largest absolute Gasteiger partial charge is 0.275 e. The van der Waals surface area contributed by atoms with Crippen molar-refractivity contribution in [3.8, 4) is 9.88 Å². The molecule has 0 atom stereocenters. The molecule has 1 amide bonds. The Kier molecular flexibility index (Phi) is 4.50. The topological polar surface area (TPSA) is 42.4 Å². The molecule has 0 bridgehead atoms. The summed E-state index contributed by atoms with van der Waals surface area (Å²) in [6, 6.07) is 2.02. The molecule has 0 aliphatic heterocycles. The summed E-state index contributed by atoms with van der Waals surface area (Å²) in [6.07, 6.45) is 0.257. The van der Waals surface area contributed by atoms with Crippen molar-refractivity contribution in [1.29, 1.82) is 0 Å². The van der Waals surface area contributed by atoms with Crippen molar-refractivity contribution < 1.29 is 9.63 Å². The van der Waals surface area contributed by atoms with E-state index in [1.54, 1.807) is 29.7 Å². The highest BCUT2D eigenvalue weighted by Crippen LogP contribution is 2.32. The SMILES string of the molecule is CON(C)C(=O)Cc1csc(-c2cc(Br)cs2)n1. The van der Waals surface area contributed by atoms with Gasteiger partial charge in [0.15, 0.2) is 0 Å². The fourth-order valence-electron chi connectivity index (χ4n) is 1.29. The molecule has 0 unspecified atom stereocenters. The predicted octanol–water partition coefficient (Wildman–Crippen LogP) is 3.20. The average molecular weight is 347 g/mol. The van der Waals surface area contributed by atoms with Gasteiger partial charge in [0, 0.05) is 22.3 Å². The van der Waals surface area contributed by atoms with E-state index in [4.69, 9.17) is 4.84 Å². The number of hydrogen-bond acceptors (Lipinski definition) is 5. The molecule has 0 N–H and O–H groups in total. The second kappa shape index (κ2) is 5.92. The van der Waals surface area contributed by atoms with Crippen molar-refractivity contribution >= 4 is 44.5 Å². The molecule has 2 aromatic heterocycles. The van der Waals surface area contributed by atoms with E-state index >= 15 is 0 Å². The van der Waals surface area contributed by atoms with Crippen LogP contribution < -0.4 is 0 Å². The van der Waals surface area contributed by atoms with E-state index in [0.29, 0.717) is 0 Å². The number of nitrogens with zero attached hydrogens (tertiary/aromatic N) is 2. The molecule has 0 aliphatic carbocycles. The highest BCUT2D eigenvalue weighted by atomic mass is 79.9. The molecular formula is C11H11BrN2O2S2. The van der Waals surface area contributed by atoms with Crippen LogP contribution in [0.2, 0.25) is 0 Å². The highest BCUT2D eigenvalue weighted by Gasteiger charge is 2.13. The van der Waals surface area contributed by atoms with Crippen LogP contribution >= 0.6 is 38.6 Å². The maximum absolute atomic E-state index is 11.7. The van der Waals surface area contributed by atoms with Gasteiger partial charge in [-0.1, -0.05) is 0 Å². The van der Waals surface area contributed by atoms with Crippen LogP contribution in [0.4, 0.5) is 0 Å². The third-order valence-electron chi connectivity index (χ3n) is 2.29. The Morgan fingerprint density at radius 1 is 1.50 bits per heavy atom. The van der Waals surface area contributed by atoms with Crippen LogP contribution in [0.25, 0.3) is 9.88 Å². The molecule has 0 saturated carbocycles. The summed E-state index contributed by atoms with van der Waals surface area (Å²) in [5.74, 6) is -0.110. The smallest absolute Gasteiger partial charge is 0.251 e. The fourth-order valence-corrected chi connectivity index (χ4v) is 3.62. The summed E-state index contributed by atoms with van der Waals surface area (Å²) in [6.45, 7) is 0. The Hall–Kier alpha value is -0.760. The molecule has 0 spiro atoms. The van der Waals surface area contributed by atoms with Crippen LogP contribution in [0, 0.1) is 0 Å². The van der Waals surface area contributed by atoms with E-state index in [0.717, 1.165) is 20.1 Å². The number of thiophene rings is 1. The number of hydrogen-bond donors (Lipinski definition) is 0. The van der Waals surface area contributed by atoms with Crippen LogP contribution in [-0.2, 0) is 16.1 Å². The number of amides is 1. The number of likely N-dealkylation sites (N-methyl/N-ethyl adjacent to an activating group) is 1. The molecule has 0 aromatic carbocycles. The minimum absolute atomic E-state index is 0.110. The number of carbonyl (C=O) groups excluding carboxylic acids is 1. The lowest BCUT2D eigenvalue weighted by atomic mass is 10.3.